The molecule has 0 aliphatic rings. The van der Waals surface area contributed by atoms with Gasteiger partial charge in [-0.05, 0) is 24.5 Å². The molecule has 2 rings (SSSR count). The van der Waals surface area contributed by atoms with Crippen LogP contribution in [0.4, 0.5) is 0 Å². The number of fused-ring (bicyclic) bond motifs is 1. The molecule has 1 N–H and O–H groups in total. The predicted molar refractivity (Wildman–Crippen MR) is 77.2 cm³/mol. The van der Waals surface area contributed by atoms with Crippen LogP contribution in [0, 0.1) is 5.92 Å². The second-order valence-electron chi connectivity index (χ2n) is 5.08. The van der Waals surface area contributed by atoms with Crippen LogP contribution >= 0.6 is 0 Å². The van der Waals surface area contributed by atoms with Crippen molar-refractivity contribution in [2.75, 3.05) is 18.1 Å². The van der Waals surface area contributed by atoms with E-state index < -0.39 is 9.84 Å². The first kappa shape index (κ1) is 15.0. The molecule has 5 nitrogen and oxygen atoms in total. The first-order valence-corrected chi connectivity index (χ1v) is 8.48. The van der Waals surface area contributed by atoms with Gasteiger partial charge in [0.15, 0.2) is 21.3 Å². The van der Waals surface area contributed by atoms with Crippen molar-refractivity contribution in [3.05, 3.63) is 30.2 Å². The summed E-state index contributed by atoms with van der Waals surface area (Å²) in [6.07, 6.45) is 0.981. The third-order valence-electron chi connectivity index (χ3n) is 3.03. The van der Waals surface area contributed by atoms with Gasteiger partial charge in [-0.2, -0.15) is 0 Å². The van der Waals surface area contributed by atoms with Gasteiger partial charge in [0.2, 0.25) is 0 Å². The highest BCUT2D eigenvalue weighted by Crippen LogP contribution is 2.16. The van der Waals surface area contributed by atoms with E-state index in [2.05, 4.69) is 4.98 Å². The summed E-state index contributed by atoms with van der Waals surface area (Å²) in [4.78, 5) is 4.31. The summed E-state index contributed by atoms with van der Waals surface area (Å²) in [5, 5.41) is 8.89. The maximum absolute atomic E-state index is 11.8. The topological polar surface area (TPSA) is 80.4 Å². The molecule has 1 atom stereocenters. The summed E-state index contributed by atoms with van der Waals surface area (Å²) in [6, 6.07) is 7.46. The van der Waals surface area contributed by atoms with Crippen LogP contribution in [-0.4, -0.2) is 36.6 Å². The quantitative estimate of drug-likeness (QED) is 0.843. The number of benzene rings is 1. The van der Waals surface area contributed by atoms with Gasteiger partial charge in [-0.15, -0.1) is 0 Å². The van der Waals surface area contributed by atoms with Gasteiger partial charge in [-0.1, -0.05) is 19.1 Å². The van der Waals surface area contributed by atoms with Crippen molar-refractivity contribution in [2.24, 2.45) is 5.92 Å². The number of aliphatic hydroxyl groups is 1. The van der Waals surface area contributed by atoms with E-state index in [1.165, 1.54) is 0 Å². The molecule has 20 heavy (non-hydrogen) atoms. The van der Waals surface area contributed by atoms with Crippen LogP contribution < -0.4 is 0 Å². The van der Waals surface area contributed by atoms with Gasteiger partial charge in [-0.25, -0.2) is 13.4 Å². The van der Waals surface area contributed by atoms with Crippen LogP contribution in [0.15, 0.2) is 28.7 Å². The fourth-order valence-electron chi connectivity index (χ4n) is 2.04. The molecule has 2 aromatic rings. The zero-order valence-corrected chi connectivity index (χ0v) is 12.3. The Morgan fingerprint density at radius 2 is 2.10 bits per heavy atom. The number of sulfone groups is 1. The number of aromatic nitrogens is 1. The molecule has 6 heteroatoms. The number of rotatable bonds is 7. The Bertz CT molecular complexity index is 630. The predicted octanol–water partition coefficient (Wildman–Crippen LogP) is 1.80. The molecular weight excluding hydrogens is 278 g/mol. The molecule has 0 aliphatic heterocycles. The fourth-order valence-corrected chi connectivity index (χ4v) is 3.76. The van der Waals surface area contributed by atoms with Gasteiger partial charge in [-0.3, -0.25) is 0 Å². The second-order valence-corrected chi connectivity index (χ2v) is 7.31. The van der Waals surface area contributed by atoms with Gasteiger partial charge in [0.05, 0.1) is 11.5 Å². The molecule has 0 bridgehead atoms. The highest BCUT2D eigenvalue weighted by atomic mass is 32.2. The summed E-state index contributed by atoms with van der Waals surface area (Å²) in [5.41, 5.74) is 1.51. The van der Waals surface area contributed by atoms with E-state index in [-0.39, 0.29) is 24.0 Å². The Morgan fingerprint density at radius 3 is 2.80 bits per heavy atom. The molecule has 0 aliphatic carbocycles. The van der Waals surface area contributed by atoms with Crippen LogP contribution in [0.1, 0.15) is 19.2 Å². The minimum atomic E-state index is -3.12. The molecule has 1 aromatic carbocycles. The lowest BCUT2D eigenvalue weighted by molar-refractivity contribution is 0.249. The van der Waals surface area contributed by atoms with E-state index in [9.17, 15) is 8.42 Å². The summed E-state index contributed by atoms with van der Waals surface area (Å²) < 4.78 is 29.1. The van der Waals surface area contributed by atoms with Crippen molar-refractivity contribution < 1.29 is 17.9 Å². The number of oxazole rings is 1. The largest absolute Gasteiger partial charge is 0.441 e. The molecular formula is C14H19NO4S. The molecule has 1 unspecified atom stereocenters. The van der Waals surface area contributed by atoms with Gasteiger partial charge in [0.25, 0.3) is 0 Å². The SMILES string of the molecule is CC(CO)CS(=O)(=O)CCCc1nc2ccccc2o1. The third-order valence-corrected chi connectivity index (χ3v) is 5.02. The summed E-state index contributed by atoms with van der Waals surface area (Å²) in [5.74, 6) is 0.466. The fraction of sp³-hybridized carbons (Fsp3) is 0.500. The highest BCUT2D eigenvalue weighted by molar-refractivity contribution is 7.91. The van der Waals surface area contributed by atoms with Crippen molar-refractivity contribution in [1.82, 2.24) is 4.98 Å². The molecule has 0 fully saturated rings. The normalized spacial score (nSPS) is 13.7. The molecule has 0 radical (unpaired) electrons. The van der Waals surface area contributed by atoms with Gasteiger partial charge < -0.3 is 9.52 Å². The van der Waals surface area contributed by atoms with Crippen molar-refractivity contribution >= 4 is 20.9 Å². The Balaban J connectivity index is 1.89. The smallest absolute Gasteiger partial charge is 0.195 e. The van der Waals surface area contributed by atoms with Crippen molar-refractivity contribution in [3.8, 4) is 0 Å². The average molecular weight is 297 g/mol. The van der Waals surface area contributed by atoms with Crippen LogP contribution in [0.25, 0.3) is 11.1 Å². The molecule has 0 amide bonds. The Labute approximate surface area is 118 Å². The Morgan fingerprint density at radius 1 is 1.35 bits per heavy atom. The summed E-state index contributed by atoms with van der Waals surface area (Å²) >= 11 is 0. The number of hydrogen-bond donors (Lipinski definition) is 1. The minimum Gasteiger partial charge on any atom is -0.441 e. The van der Waals surface area contributed by atoms with E-state index in [1.54, 1.807) is 6.92 Å². The number of aliphatic hydroxyl groups excluding tert-OH is 1. The van der Waals surface area contributed by atoms with E-state index >= 15 is 0 Å². The van der Waals surface area contributed by atoms with Gasteiger partial charge in [0.1, 0.15) is 5.52 Å². The lowest BCUT2D eigenvalue weighted by atomic mass is 10.2. The molecule has 0 saturated heterocycles. The number of aryl methyl sites for hydroxylation is 1. The number of para-hydroxylation sites is 2. The Kier molecular flexibility index (Phi) is 4.77. The first-order chi connectivity index (χ1) is 9.50. The molecule has 0 saturated carbocycles. The molecule has 110 valence electrons. The molecule has 1 aromatic heterocycles. The van der Waals surface area contributed by atoms with E-state index in [4.69, 9.17) is 9.52 Å². The van der Waals surface area contributed by atoms with E-state index in [0.29, 0.717) is 18.7 Å². The van der Waals surface area contributed by atoms with Crippen LogP contribution in [0.3, 0.4) is 0 Å². The lowest BCUT2D eigenvalue weighted by Crippen LogP contribution is -2.19. The monoisotopic (exact) mass is 297 g/mol. The minimum absolute atomic E-state index is 0.0249. The third kappa shape index (κ3) is 4.05. The van der Waals surface area contributed by atoms with Crippen molar-refractivity contribution in [1.29, 1.82) is 0 Å². The number of nitrogens with zero attached hydrogens (tertiary/aromatic N) is 1. The molecule has 0 spiro atoms. The maximum Gasteiger partial charge on any atom is 0.195 e. The summed E-state index contributed by atoms with van der Waals surface area (Å²) in [7, 11) is -3.12. The zero-order chi connectivity index (χ0) is 14.6. The van der Waals surface area contributed by atoms with Crippen molar-refractivity contribution in [3.63, 3.8) is 0 Å². The Hall–Kier alpha value is -1.40. The lowest BCUT2D eigenvalue weighted by Gasteiger charge is -2.08. The number of hydrogen-bond acceptors (Lipinski definition) is 5. The summed E-state index contributed by atoms with van der Waals surface area (Å²) in [6.45, 7) is 1.61. The van der Waals surface area contributed by atoms with Crippen LogP contribution in [-0.2, 0) is 16.3 Å². The van der Waals surface area contributed by atoms with Crippen LogP contribution in [0.5, 0.6) is 0 Å². The van der Waals surface area contributed by atoms with Crippen LogP contribution in [0.2, 0.25) is 0 Å². The average Bonchev–Trinajstić information content (AvgIpc) is 2.80. The highest BCUT2D eigenvalue weighted by Gasteiger charge is 2.15. The first-order valence-electron chi connectivity index (χ1n) is 6.66. The van der Waals surface area contributed by atoms with Gasteiger partial charge >= 0.3 is 0 Å². The van der Waals surface area contributed by atoms with E-state index in [0.717, 1.165) is 11.1 Å². The standard InChI is InChI=1S/C14H19NO4S/c1-11(9-16)10-20(17,18)8-4-7-14-15-12-5-2-3-6-13(12)19-14/h2-3,5-6,11,16H,4,7-10H2,1H3. The molecule has 1 heterocycles. The maximum atomic E-state index is 11.8. The van der Waals surface area contributed by atoms with Crippen molar-refractivity contribution in [2.45, 2.75) is 19.8 Å². The van der Waals surface area contributed by atoms with Gasteiger partial charge in [0, 0.05) is 13.0 Å². The van der Waals surface area contributed by atoms with E-state index in [1.807, 2.05) is 24.3 Å². The zero-order valence-electron chi connectivity index (χ0n) is 11.4. The second kappa shape index (κ2) is 6.37.